The third kappa shape index (κ3) is 7.04. The maximum atomic E-state index is 5.26. The SMILES string of the molecule is CCOCCNC(=NC)NCCn1cnnc1CC.I. The Hall–Kier alpha value is -0.900. The third-order valence-corrected chi connectivity index (χ3v) is 2.62. The van der Waals surface area contributed by atoms with Crippen molar-refractivity contribution in [3.05, 3.63) is 12.2 Å². The minimum absolute atomic E-state index is 0. The second-order valence-electron chi connectivity index (χ2n) is 3.92. The van der Waals surface area contributed by atoms with Crippen molar-refractivity contribution in [2.45, 2.75) is 26.8 Å². The van der Waals surface area contributed by atoms with Crippen molar-refractivity contribution in [1.29, 1.82) is 0 Å². The number of aryl methyl sites for hydroxylation is 1. The molecule has 0 saturated carbocycles. The molecule has 8 heteroatoms. The summed E-state index contributed by atoms with van der Waals surface area (Å²) in [7, 11) is 1.76. The second kappa shape index (κ2) is 11.9. The number of guanidine groups is 1. The molecule has 0 aliphatic carbocycles. The molecule has 0 aliphatic rings. The van der Waals surface area contributed by atoms with Crippen LogP contribution in [0, 0.1) is 0 Å². The molecule has 0 amide bonds. The number of aliphatic imine (C=N–C) groups is 1. The van der Waals surface area contributed by atoms with Crippen LogP contribution in [0.1, 0.15) is 19.7 Å². The number of hydrogen-bond donors (Lipinski definition) is 2. The maximum Gasteiger partial charge on any atom is 0.191 e. The summed E-state index contributed by atoms with van der Waals surface area (Å²) in [6.45, 7) is 7.82. The smallest absolute Gasteiger partial charge is 0.191 e. The van der Waals surface area contributed by atoms with Crippen molar-refractivity contribution >= 4 is 29.9 Å². The number of nitrogens with zero attached hydrogens (tertiary/aromatic N) is 4. The average molecular weight is 396 g/mol. The molecule has 1 heterocycles. The molecular weight excluding hydrogens is 371 g/mol. The number of aromatic nitrogens is 3. The summed E-state index contributed by atoms with van der Waals surface area (Å²) in [5.41, 5.74) is 0. The van der Waals surface area contributed by atoms with E-state index in [-0.39, 0.29) is 24.0 Å². The lowest BCUT2D eigenvalue weighted by Crippen LogP contribution is -2.40. The van der Waals surface area contributed by atoms with Gasteiger partial charge in [-0.15, -0.1) is 34.2 Å². The van der Waals surface area contributed by atoms with Gasteiger partial charge < -0.3 is 19.9 Å². The van der Waals surface area contributed by atoms with Crippen LogP contribution in [0.5, 0.6) is 0 Å². The van der Waals surface area contributed by atoms with Gasteiger partial charge in [-0.2, -0.15) is 0 Å². The van der Waals surface area contributed by atoms with E-state index in [9.17, 15) is 0 Å². The quantitative estimate of drug-likeness (QED) is 0.292. The van der Waals surface area contributed by atoms with Crippen LogP contribution < -0.4 is 10.6 Å². The van der Waals surface area contributed by atoms with Gasteiger partial charge in [-0.1, -0.05) is 6.92 Å². The first-order valence-corrected chi connectivity index (χ1v) is 6.70. The van der Waals surface area contributed by atoms with E-state index in [1.165, 1.54) is 0 Å². The highest BCUT2D eigenvalue weighted by atomic mass is 127. The summed E-state index contributed by atoms with van der Waals surface area (Å²) >= 11 is 0. The van der Waals surface area contributed by atoms with Gasteiger partial charge in [-0.3, -0.25) is 4.99 Å². The fourth-order valence-corrected chi connectivity index (χ4v) is 1.64. The molecule has 2 N–H and O–H groups in total. The molecule has 0 bridgehead atoms. The standard InChI is InChI=1S/C12H24N6O.HI/c1-4-11-17-16-10-18(11)8-6-14-12(13-3)15-7-9-19-5-2;/h10H,4-9H2,1-3H3,(H2,13,14,15);1H. The van der Waals surface area contributed by atoms with Gasteiger partial charge in [0.2, 0.25) is 0 Å². The van der Waals surface area contributed by atoms with Gasteiger partial charge in [0.15, 0.2) is 5.96 Å². The van der Waals surface area contributed by atoms with E-state index in [4.69, 9.17) is 4.74 Å². The molecule has 116 valence electrons. The Bertz CT molecular complexity index is 382. The monoisotopic (exact) mass is 396 g/mol. The minimum Gasteiger partial charge on any atom is -0.380 e. The molecule has 0 saturated heterocycles. The van der Waals surface area contributed by atoms with E-state index < -0.39 is 0 Å². The molecule has 0 aliphatic heterocycles. The largest absolute Gasteiger partial charge is 0.380 e. The second-order valence-corrected chi connectivity index (χ2v) is 3.92. The van der Waals surface area contributed by atoms with E-state index in [1.807, 2.05) is 11.5 Å². The molecule has 1 aromatic rings. The van der Waals surface area contributed by atoms with Crippen molar-refractivity contribution in [3.63, 3.8) is 0 Å². The zero-order chi connectivity index (χ0) is 13.9. The number of nitrogens with one attached hydrogen (secondary N) is 2. The van der Waals surface area contributed by atoms with Gasteiger partial charge in [0.05, 0.1) is 6.61 Å². The molecule has 0 aromatic carbocycles. The van der Waals surface area contributed by atoms with Gasteiger partial charge in [0, 0.05) is 39.7 Å². The van der Waals surface area contributed by atoms with E-state index in [2.05, 4.69) is 32.7 Å². The van der Waals surface area contributed by atoms with Crippen molar-refractivity contribution in [3.8, 4) is 0 Å². The molecule has 0 unspecified atom stereocenters. The molecule has 0 radical (unpaired) electrons. The Morgan fingerprint density at radius 2 is 2.10 bits per heavy atom. The maximum absolute atomic E-state index is 5.26. The highest BCUT2D eigenvalue weighted by Crippen LogP contribution is 1.94. The van der Waals surface area contributed by atoms with Gasteiger partial charge in [0.1, 0.15) is 12.2 Å². The Kier molecular flexibility index (Phi) is 11.4. The normalized spacial score (nSPS) is 11.1. The molecule has 7 nitrogen and oxygen atoms in total. The van der Waals surface area contributed by atoms with Gasteiger partial charge in [-0.05, 0) is 6.92 Å². The Morgan fingerprint density at radius 3 is 2.75 bits per heavy atom. The number of halogens is 1. The van der Waals surface area contributed by atoms with Crippen LogP contribution in [0.4, 0.5) is 0 Å². The highest BCUT2D eigenvalue weighted by Gasteiger charge is 2.01. The van der Waals surface area contributed by atoms with E-state index in [1.54, 1.807) is 13.4 Å². The number of hydrogen-bond acceptors (Lipinski definition) is 4. The zero-order valence-electron chi connectivity index (χ0n) is 12.4. The Morgan fingerprint density at radius 1 is 1.35 bits per heavy atom. The predicted molar refractivity (Wildman–Crippen MR) is 90.7 cm³/mol. The first-order chi connectivity index (χ1) is 9.31. The van der Waals surface area contributed by atoms with Gasteiger partial charge in [-0.25, -0.2) is 0 Å². The van der Waals surface area contributed by atoms with Crippen molar-refractivity contribution < 1.29 is 4.74 Å². The lowest BCUT2D eigenvalue weighted by atomic mass is 10.4. The first kappa shape index (κ1) is 19.1. The van der Waals surface area contributed by atoms with Crippen LogP contribution in [0.15, 0.2) is 11.3 Å². The van der Waals surface area contributed by atoms with Crippen molar-refractivity contribution in [2.24, 2.45) is 4.99 Å². The third-order valence-electron chi connectivity index (χ3n) is 2.62. The number of ether oxygens (including phenoxy) is 1. The summed E-state index contributed by atoms with van der Waals surface area (Å²) in [6.07, 6.45) is 2.65. The van der Waals surface area contributed by atoms with Crippen molar-refractivity contribution in [2.75, 3.05) is 33.4 Å². The van der Waals surface area contributed by atoms with E-state index in [0.29, 0.717) is 6.61 Å². The summed E-state index contributed by atoms with van der Waals surface area (Å²) in [6, 6.07) is 0. The van der Waals surface area contributed by atoms with Gasteiger partial charge in [0.25, 0.3) is 0 Å². The van der Waals surface area contributed by atoms with Crippen LogP contribution in [-0.4, -0.2) is 54.1 Å². The van der Waals surface area contributed by atoms with Crippen LogP contribution in [-0.2, 0) is 17.7 Å². The Labute approximate surface area is 137 Å². The topological polar surface area (TPSA) is 76.4 Å². The average Bonchev–Trinajstić information content (AvgIpc) is 2.89. The Balaban J connectivity index is 0.00000361. The fourth-order valence-electron chi connectivity index (χ4n) is 1.64. The predicted octanol–water partition coefficient (Wildman–Crippen LogP) is 0.660. The molecule has 1 rings (SSSR count). The van der Waals surface area contributed by atoms with Gasteiger partial charge >= 0.3 is 0 Å². The first-order valence-electron chi connectivity index (χ1n) is 6.70. The zero-order valence-corrected chi connectivity index (χ0v) is 14.8. The summed E-state index contributed by atoms with van der Waals surface area (Å²) in [5, 5.41) is 14.4. The molecule has 1 aromatic heterocycles. The molecule has 0 spiro atoms. The van der Waals surface area contributed by atoms with Crippen LogP contribution in [0.25, 0.3) is 0 Å². The molecular formula is C12H25IN6O. The minimum atomic E-state index is 0. The lowest BCUT2D eigenvalue weighted by Gasteiger charge is -2.12. The van der Waals surface area contributed by atoms with Crippen LogP contribution in [0.2, 0.25) is 0 Å². The van der Waals surface area contributed by atoms with E-state index in [0.717, 1.165) is 44.4 Å². The van der Waals surface area contributed by atoms with Crippen LogP contribution in [0.3, 0.4) is 0 Å². The number of rotatable bonds is 8. The summed E-state index contributed by atoms with van der Waals surface area (Å²) in [4.78, 5) is 4.15. The summed E-state index contributed by atoms with van der Waals surface area (Å²) < 4.78 is 7.30. The van der Waals surface area contributed by atoms with E-state index >= 15 is 0 Å². The summed E-state index contributed by atoms with van der Waals surface area (Å²) in [5.74, 6) is 1.78. The molecule has 20 heavy (non-hydrogen) atoms. The van der Waals surface area contributed by atoms with Crippen molar-refractivity contribution in [1.82, 2.24) is 25.4 Å². The fraction of sp³-hybridized carbons (Fsp3) is 0.750. The molecule has 0 atom stereocenters. The van der Waals surface area contributed by atoms with Crippen LogP contribution >= 0.6 is 24.0 Å². The lowest BCUT2D eigenvalue weighted by molar-refractivity contribution is 0.152. The molecule has 0 fully saturated rings. The highest BCUT2D eigenvalue weighted by molar-refractivity contribution is 14.0.